The van der Waals surface area contributed by atoms with Crippen molar-refractivity contribution in [3.63, 3.8) is 0 Å². The third kappa shape index (κ3) is 1.80. The Bertz CT molecular complexity index is 570. The molecule has 1 amide bonds. The number of fused-ring (bicyclic) bond motifs is 1. The molecule has 0 fully saturated rings. The average Bonchev–Trinajstić information content (AvgIpc) is 2.61. The van der Waals surface area contributed by atoms with Crippen molar-refractivity contribution in [1.29, 1.82) is 0 Å². The monoisotopic (exact) mass is 234 g/mol. The quantitative estimate of drug-likeness (QED) is 0.812. The molecule has 1 aliphatic rings. The van der Waals surface area contributed by atoms with E-state index in [0.29, 0.717) is 5.57 Å². The standard InChI is InChI=1S/C12H14N2OS/c1-3-12(2)5-4-8(11(13)15)10-9(6-12)14-7-16-10/h4-7H,3H2,1-2H3,(H2,13,15)/t12-/m0/s1. The van der Waals surface area contributed by atoms with Gasteiger partial charge in [-0.25, -0.2) is 4.98 Å². The largest absolute Gasteiger partial charge is 0.366 e. The molecule has 3 nitrogen and oxygen atoms in total. The summed E-state index contributed by atoms with van der Waals surface area (Å²) in [6.45, 7) is 4.23. The topological polar surface area (TPSA) is 56.0 Å². The van der Waals surface area contributed by atoms with E-state index < -0.39 is 5.91 Å². The normalized spacial score (nSPS) is 23.5. The smallest absolute Gasteiger partial charge is 0.250 e. The van der Waals surface area contributed by atoms with Gasteiger partial charge >= 0.3 is 0 Å². The molecule has 16 heavy (non-hydrogen) atoms. The number of carbonyl (C=O) groups is 1. The van der Waals surface area contributed by atoms with Crippen LogP contribution in [0, 0.1) is 5.41 Å². The molecule has 0 saturated heterocycles. The Morgan fingerprint density at radius 1 is 1.62 bits per heavy atom. The first kappa shape index (κ1) is 11.1. The highest BCUT2D eigenvalue weighted by Crippen LogP contribution is 2.26. The number of hydrogen-bond acceptors (Lipinski definition) is 3. The Hall–Kier alpha value is -1.42. The Balaban J connectivity index is 2.77. The molecule has 84 valence electrons. The fourth-order valence-corrected chi connectivity index (χ4v) is 2.48. The van der Waals surface area contributed by atoms with Crippen molar-refractivity contribution in [1.82, 2.24) is 4.98 Å². The summed E-state index contributed by atoms with van der Waals surface area (Å²) in [7, 11) is 0. The van der Waals surface area contributed by atoms with Gasteiger partial charge in [-0.1, -0.05) is 26.0 Å². The van der Waals surface area contributed by atoms with Gasteiger partial charge in [0.15, 0.2) is 0 Å². The van der Waals surface area contributed by atoms with Crippen LogP contribution >= 0.6 is 11.3 Å². The van der Waals surface area contributed by atoms with Crippen LogP contribution in [-0.2, 0) is 4.79 Å². The first-order chi connectivity index (χ1) is 7.56. The number of thiazole rings is 1. The highest BCUT2D eigenvalue weighted by molar-refractivity contribution is 7.07. The molecule has 1 aromatic rings. The van der Waals surface area contributed by atoms with Gasteiger partial charge in [0.25, 0.3) is 0 Å². The van der Waals surface area contributed by atoms with E-state index in [1.807, 2.05) is 12.2 Å². The van der Waals surface area contributed by atoms with Crippen molar-refractivity contribution in [2.75, 3.05) is 0 Å². The summed E-state index contributed by atoms with van der Waals surface area (Å²) < 4.78 is 0.876. The second-order valence-corrected chi connectivity index (χ2v) is 5.04. The zero-order valence-electron chi connectivity index (χ0n) is 9.36. The Morgan fingerprint density at radius 2 is 2.38 bits per heavy atom. The van der Waals surface area contributed by atoms with Crippen LogP contribution in [0.4, 0.5) is 0 Å². The second kappa shape index (κ2) is 3.87. The van der Waals surface area contributed by atoms with Crippen molar-refractivity contribution in [2.45, 2.75) is 20.3 Å². The molecule has 1 heterocycles. The molecular formula is C12H14N2OS. The Morgan fingerprint density at radius 3 is 3.00 bits per heavy atom. The summed E-state index contributed by atoms with van der Waals surface area (Å²) in [5.41, 5.74) is 7.63. The number of allylic oxidation sites excluding steroid dienone is 1. The van der Waals surface area contributed by atoms with Gasteiger partial charge in [-0.15, -0.1) is 11.3 Å². The molecule has 4 heteroatoms. The molecule has 0 aromatic carbocycles. The van der Waals surface area contributed by atoms with Crippen molar-refractivity contribution in [3.05, 3.63) is 27.5 Å². The predicted octanol–water partition coefficient (Wildman–Crippen LogP) is 0.546. The lowest BCUT2D eigenvalue weighted by Crippen LogP contribution is -2.29. The van der Waals surface area contributed by atoms with Crippen LogP contribution < -0.4 is 15.6 Å². The summed E-state index contributed by atoms with van der Waals surface area (Å²) >= 11 is 1.45. The lowest BCUT2D eigenvalue weighted by atomic mass is 9.87. The summed E-state index contributed by atoms with van der Waals surface area (Å²) in [4.78, 5) is 15.7. The Kier molecular flexibility index (Phi) is 2.68. The lowest BCUT2D eigenvalue weighted by Gasteiger charge is -2.17. The molecular weight excluding hydrogens is 220 g/mol. The molecule has 0 spiro atoms. The summed E-state index contributed by atoms with van der Waals surface area (Å²) in [5, 5.41) is 0.869. The predicted molar refractivity (Wildman–Crippen MR) is 66.0 cm³/mol. The van der Waals surface area contributed by atoms with E-state index in [1.54, 1.807) is 5.51 Å². The van der Waals surface area contributed by atoms with Crippen molar-refractivity contribution in [2.24, 2.45) is 11.1 Å². The molecule has 0 aliphatic heterocycles. The van der Waals surface area contributed by atoms with Gasteiger partial charge in [-0.05, 0) is 12.5 Å². The van der Waals surface area contributed by atoms with E-state index in [0.717, 1.165) is 16.3 Å². The number of hydrogen-bond donors (Lipinski definition) is 1. The zero-order valence-corrected chi connectivity index (χ0v) is 10.2. The third-order valence-corrected chi connectivity index (χ3v) is 3.84. The van der Waals surface area contributed by atoms with E-state index in [-0.39, 0.29) is 5.41 Å². The van der Waals surface area contributed by atoms with Crippen LogP contribution in [0.3, 0.4) is 0 Å². The van der Waals surface area contributed by atoms with Gasteiger partial charge in [0, 0.05) is 5.41 Å². The van der Waals surface area contributed by atoms with Crippen molar-refractivity contribution >= 4 is 28.9 Å². The minimum Gasteiger partial charge on any atom is -0.366 e. The van der Waals surface area contributed by atoms with Gasteiger partial charge in [0.05, 0.1) is 21.0 Å². The molecule has 0 saturated carbocycles. The van der Waals surface area contributed by atoms with Gasteiger partial charge in [-0.3, -0.25) is 4.79 Å². The number of nitrogens with zero attached hydrogens (tertiary/aromatic N) is 1. The number of carbonyl (C=O) groups excluding carboxylic acids is 1. The average molecular weight is 234 g/mol. The summed E-state index contributed by atoms with van der Waals surface area (Å²) in [6, 6.07) is 0. The fourth-order valence-electron chi connectivity index (χ4n) is 1.68. The number of rotatable bonds is 2. The molecule has 2 rings (SSSR count). The molecule has 0 unspecified atom stereocenters. The maximum absolute atomic E-state index is 11.4. The van der Waals surface area contributed by atoms with E-state index in [1.165, 1.54) is 11.3 Å². The lowest BCUT2D eigenvalue weighted by molar-refractivity contribution is -0.112. The number of primary amides is 1. The highest BCUT2D eigenvalue weighted by atomic mass is 32.1. The van der Waals surface area contributed by atoms with Crippen LogP contribution in [0.2, 0.25) is 0 Å². The number of aromatic nitrogens is 1. The van der Waals surface area contributed by atoms with Crippen LogP contribution in [-0.4, -0.2) is 10.9 Å². The van der Waals surface area contributed by atoms with Crippen LogP contribution in [0.5, 0.6) is 0 Å². The molecule has 1 atom stereocenters. The molecule has 1 aliphatic carbocycles. The molecule has 0 radical (unpaired) electrons. The van der Waals surface area contributed by atoms with Gasteiger partial charge in [-0.2, -0.15) is 0 Å². The highest BCUT2D eigenvalue weighted by Gasteiger charge is 2.19. The maximum Gasteiger partial charge on any atom is 0.250 e. The minimum atomic E-state index is -0.393. The van der Waals surface area contributed by atoms with Gasteiger partial charge in [0.1, 0.15) is 0 Å². The third-order valence-electron chi connectivity index (χ3n) is 2.96. The molecule has 0 bridgehead atoms. The van der Waals surface area contributed by atoms with Crippen molar-refractivity contribution < 1.29 is 4.79 Å². The number of nitrogens with two attached hydrogens (primary N) is 1. The van der Waals surface area contributed by atoms with Gasteiger partial charge < -0.3 is 5.73 Å². The summed E-state index contributed by atoms with van der Waals surface area (Å²) in [6.07, 6.45) is 6.92. The van der Waals surface area contributed by atoms with Crippen LogP contribution in [0.25, 0.3) is 11.6 Å². The van der Waals surface area contributed by atoms with Crippen LogP contribution in [0.15, 0.2) is 17.7 Å². The first-order valence-electron chi connectivity index (χ1n) is 5.21. The van der Waals surface area contributed by atoms with E-state index in [4.69, 9.17) is 5.73 Å². The minimum absolute atomic E-state index is 0.0555. The SMILES string of the molecule is CC[C@@]1(C)C=CC(C(N)=O)=c2scnc2=C1. The Labute approximate surface area is 98.0 Å². The fraction of sp³-hybridized carbons (Fsp3) is 0.333. The maximum atomic E-state index is 11.4. The second-order valence-electron chi connectivity index (χ2n) is 4.18. The van der Waals surface area contributed by atoms with E-state index in [9.17, 15) is 4.79 Å². The first-order valence-corrected chi connectivity index (χ1v) is 6.09. The van der Waals surface area contributed by atoms with E-state index >= 15 is 0 Å². The number of amides is 1. The van der Waals surface area contributed by atoms with E-state index in [2.05, 4.69) is 24.9 Å². The van der Waals surface area contributed by atoms with Gasteiger partial charge in [0.2, 0.25) is 5.91 Å². The molecule has 2 N–H and O–H groups in total. The zero-order chi connectivity index (χ0) is 11.8. The van der Waals surface area contributed by atoms with Crippen LogP contribution in [0.1, 0.15) is 20.3 Å². The molecule has 1 aromatic heterocycles. The van der Waals surface area contributed by atoms with Crippen molar-refractivity contribution in [3.8, 4) is 0 Å². The summed E-state index contributed by atoms with van der Waals surface area (Å²) in [5.74, 6) is -0.393.